The van der Waals surface area contributed by atoms with Crippen molar-refractivity contribution in [1.82, 2.24) is 5.32 Å². The molecule has 2 rings (SSSR count). The lowest BCUT2D eigenvalue weighted by atomic mass is 10.1. The van der Waals surface area contributed by atoms with E-state index < -0.39 is 0 Å². The van der Waals surface area contributed by atoms with Crippen molar-refractivity contribution in [3.63, 3.8) is 0 Å². The van der Waals surface area contributed by atoms with Gasteiger partial charge >= 0.3 is 0 Å². The maximum atomic E-state index is 12.1. The predicted octanol–water partition coefficient (Wildman–Crippen LogP) is 4.14. The van der Waals surface area contributed by atoms with Gasteiger partial charge < -0.3 is 10.6 Å². The topological polar surface area (TPSA) is 41.1 Å². The third-order valence-corrected chi connectivity index (χ3v) is 4.47. The van der Waals surface area contributed by atoms with Crippen molar-refractivity contribution in [2.24, 2.45) is 0 Å². The SMILES string of the molecule is CNc1ccc(Cl)cc1C(=O)NCc1cc(Br)cs1. The van der Waals surface area contributed by atoms with E-state index >= 15 is 0 Å². The summed E-state index contributed by atoms with van der Waals surface area (Å²) in [5.74, 6) is -0.142. The highest BCUT2D eigenvalue weighted by atomic mass is 79.9. The van der Waals surface area contributed by atoms with Crippen LogP contribution in [-0.2, 0) is 6.54 Å². The highest BCUT2D eigenvalue weighted by molar-refractivity contribution is 9.10. The van der Waals surface area contributed by atoms with Gasteiger partial charge in [-0.05, 0) is 40.2 Å². The molecule has 0 radical (unpaired) electrons. The minimum Gasteiger partial charge on any atom is -0.387 e. The van der Waals surface area contributed by atoms with Gasteiger partial charge in [0.05, 0.1) is 12.1 Å². The van der Waals surface area contributed by atoms with Gasteiger partial charge in [-0.2, -0.15) is 0 Å². The fourth-order valence-electron chi connectivity index (χ4n) is 1.63. The van der Waals surface area contributed by atoms with Gasteiger partial charge in [-0.25, -0.2) is 0 Å². The van der Waals surface area contributed by atoms with Gasteiger partial charge in [0, 0.05) is 32.5 Å². The number of halogens is 2. The molecule has 6 heteroatoms. The molecule has 0 bridgehead atoms. The molecule has 19 heavy (non-hydrogen) atoms. The molecule has 0 aliphatic carbocycles. The summed E-state index contributed by atoms with van der Waals surface area (Å²) in [5.41, 5.74) is 1.31. The van der Waals surface area contributed by atoms with Gasteiger partial charge in [0.15, 0.2) is 0 Å². The monoisotopic (exact) mass is 358 g/mol. The Balaban J connectivity index is 2.09. The average Bonchev–Trinajstić information content (AvgIpc) is 2.81. The number of hydrogen-bond donors (Lipinski definition) is 2. The second kappa shape index (κ2) is 6.41. The summed E-state index contributed by atoms with van der Waals surface area (Å²) >= 11 is 10.9. The lowest BCUT2D eigenvalue weighted by Crippen LogP contribution is -2.23. The van der Waals surface area contributed by atoms with Crippen molar-refractivity contribution in [1.29, 1.82) is 0 Å². The average molecular weight is 360 g/mol. The van der Waals surface area contributed by atoms with Crippen LogP contribution in [0.1, 0.15) is 15.2 Å². The van der Waals surface area contributed by atoms with Gasteiger partial charge in [-0.1, -0.05) is 11.6 Å². The summed E-state index contributed by atoms with van der Waals surface area (Å²) in [6.45, 7) is 0.505. The summed E-state index contributed by atoms with van der Waals surface area (Å²) in [4.78, 5) is 13.2. The number of benzene rings is 1. The fourth-order valence-corrected chi connectivity index (χ4v) is 3.19. The minimum atomic E-state index is -0.142. The summed E-state index contributed by atoms with van der Waals surface area (Å²) in [5, 5.41) is 8.39. The molecule has 1 amide bonds. The number of nitrogens with one attached hydrogen (secondary N) is 2. The summed E-state index contributed by atoms with van der Waals surface area (Å²) in [6.07, 6.45) is 0. The van der Waals surface area contributed by atoms with E-state index in [1.165, 1.54) is 0 Å². The van der Waals surface area contributed by atoms with Gasteiger partial charge in [-0.3, -0.25) is 4.79 Å². The van der Waals surface area contributed by atoms with Crippen molar-refractivity contribution in [2.75, 3.05) is 12.4 Å². The van der Waals surface area contributed by atoms with E-state index in [-0.39, 0.29) is 5.91 Å². The van der Waals surface area contributed by atoms with Crippen LogP contribution >= 0.6 is 38.9 Å². The van der Waals surface area contributed by atoms with Crippen LogP contribution in [0.3, 0.4) is 0 Å². The standard InChI is InChI=1S/C13H12BrClN2OS/c1-16-12-3-2-9(15)5-11(12)13(18)17-6-10-4-8(14)7-19-10/h2-5,7,16H,6H2,1H3,(H,17,18). The van der Waals surface area contributed by atoms with Crippen LogP contribution in [0.2, 0.25) is 5.02 Å². The normalized spacial score (nSPS) is 10.3. The molecule has 0 saturated carbocycles. The number of hydrogen-bond acceptors (Lipinski definition) is 3. The maximum Gasteiger partial charge on any atom is 0.253 e. The van der Waals surface area contributed by atoms with Crippen molar-refractivity contribution in [3.8, 4) is 0 Å². The Morgan fingerprint density at radius 1 is 1.42 bits per heavy atom. The second-order valence-corrected chi connectivity index (χ2v) is 6.20. The smallest absolute Gasteiger partial charge is 0.253 e. The first-order valence-electron chi connectivity index (χ1n) is 5.58. The lowest BCUT2D eigenvalue weighted by Gasteiger charge is -2.09. The Labute approximate surface area is 129 Å². The number of thiophene rings is 1. The van der Waals surface area contributed by atoms with E-state index in [2.05, 4.69) is 26.6 Å². The van der Waals surface area contributed by atoms with Crippen molar-refractivity contribution in [2.45, 2.75) is 6.54 Å². The quantitative estimate of drug-likeness (QED) is 0.861. The predicted molar refractivity (Wildman–Crippen MR) is 84.2 cm³/mol. The zero-order chi connectivity index (χ0) is 13.8. The van der Waals surface area contributed by atoms with E-state index in [0.717, 1.165) is 15.0 Å². The largest absolute Gasteiger partial charge is 0.387 e. The lowest BCUT2D eigenvalue weighted by molar-refractivity contribution is 0.0952. The van der Waals surface area contributed by atoms with Crippen molar-refractivity contribution >= 4 is 50.5 Å². The zero-order valence-corrected chi connectivity index (χ0v) is 13.3. The molecule has 0 saturated heterocycles. The molecule has 1 aromatic heterocycles. The van der Waals surface area contributed by atoms with Crippen LogP contribution < -0.4 is 10.6 Å². The molecule has 2 aromatic rings. The van der Waals surface area contributed by atoms with E-state index in [1.807, 2.05) is 11.4 Å². The molecule has 3 nitrogen and oxygen atoms in total. The minimum absolute atomic E-state index is 0.142. The van der Waals surface area contributed by atoms with Crippen LogP contribution in [0.25, 0.3) is 0 Å². The number of rotatable bonds is 4. The second-order valence-electron chi connectivity index (χ2n) is 3.85. The van der Waals surface area contributed by atoms with E-state index in [1.54, 1.807) is 36.6 Å². The molecule has 0 atom stereocenters. The Morgan fingerprint density at radius 3 is 2.84 bits per heavy atom. The Hall–Kier alpha value is -1.04. The van der Waals surface area contributed by atoms with E-state index in [0.29, 0.717) is 17.1 Å². The van der Waals surface area contributed by atoms with Gasteiger partial charge in [0.2, 0.25) is 0 Å². The highest BCUT2D eigenvalue weighted by Crippen LogP contribution is 2.22. The van der Waals surface area contributed by atoms with Crippen LogP contribution in [-0.4, -0.2) is 13.0 Å². The molecular weight excluding hydrogens is 348 g/mol. The fraction of sp³-hybridized carbons (Fsp3) is 0.154. The molecule has 0 aliphatic rings. The molecule has 0 spiro atoms. The molecule has 100 valence electrons. The Morgan fingerprint density at radius 2 is 2.21 bits per heavy atom. The van der Waals surface area contributed by atoms with Gasteiger partial charge in [0.1, 0.15) is 0 Å². The van der Waals surface area contributed by atoms with Gasteiger partial charge in [0.25, 0.3) is 5.91 Å². The Kier molecular flexibility index (Phi) is 4.85. The molecule has 0 unspecified atom stereocenters. The van der Waals surface area contributed by atoms with Crippen LogP contribution in [0.15, 0.2) is 34.1 Å². The first-order chi connectivity index (χ1) is 9.10. The molecule has 2 N–H and O–H groups in total. The highest BCUT2D eigenvalue weighted by Gasteiger charge is 2.11. The van der Waals surface area contributed by atoms with Crippen LogP contribution in [0, 0.1) is 0 Å². The van der Waals surface area contributed by atoms with Crippen molar-refractivity contribution < 1.29 is 4.79 Å². The summed E-state index contributed by atoms with van der Waals surface area (Å²) in [7, 11) is 1.77. The zero-order valence-electron chi connectivity index (χ0n) is 10.2. The van der Waals surface area contributed by atoms with Crippen LogP contribution in [0.4, 0.5) is 5.69 Å². The van der Waals surface area contributed by atoms with E-state index in [9.17, 15) is 4.79 Å². The molecular formula is C13H12BrClN2OS. The molecule has 0 aliphatic heterocycles. The van der Waals surface area contributed by atoms with Crippen LogP contribution in [0.5, 0.6) is 0 Å². The number of anilines is 1. The van der Waals surface area contributed by atoms with Crippen molar-refractivity contribution in [3.05, 3.63) is 49.6 Å². The third kappa shape index (κ3) is 3.72. The van der Waals surface area contributed by atoms with Gasteiger partial charge in [-0.15, -0.1) is 11.3 Å². The third-order valence-electron chi connectivity index (χ3n) is 2.54. The molecule has 1 aromatic carbocycles. The van der Waals surface area contributed by atoms with E-state index in [4.69, 9.17) is 11.6 Å². The number of amides is 1. The maximum absolute atomic E-state index is 12.1. The first kappa shape index (κ1) is 14.4. The number of carbonyl (C=O) groups excluding carboxylic acids is 1. The summed E-state index contributed by atoms with van der Waals surface area (Å²) < 4.78 is 1.03. The number of carbonyl (C=O) groups is 1. The first-order valence-corrected chi connectivity index (χ1v) is 7.63. The molecule has 0 fully saturated rings. The Bertz CT molecular complexity index is 600. The summed E-state index contributed by atoms with van der Waals surface area (Å²) in [6, 6.07) is 7.19. The molecule has 1 heterocycles.